The predicted molar refractivity (Wildman–Crippen MR) is 560 cm³/mol. The van der Waals surface area contributed by atoms with Crippen molar-refractivity contribution in [2.75, 3.05) is 159 Å². The number of Topliss-reactive ketones (excluding diaryl/α,β-unsaturated/α-hetero) is 4. The average Bonchev–Trinajstić information content (AvgIpc) is 1.61. The Bertz CT molecular complexity index is 6930. The van der Waals surface area contributed by atoms with Crippen LogP contribution in [0.5, 0.6) is 23.0 Å². The van der Waals surface area contributed by atoms with Crippen LogP contribution < -0.4 is 82.1 Å². The fourth-order valence-electron chi connectivity index (χ4n) is 18.0. The first-order chi connectivity index (χ1) is 68.8. The molecule has 34 nitrogen and oxygen atoms in total. The maximum atomic E-state index is 13.1. The average molecular weight is 2010 g/mol. The molecule has 748 valence electrons. The van der Waals surface area contributed by atoms with Crippen LogP contribution in [0.3, 0.4) is 0 Å². The molecule has 12 heterocycles. The summed E-state index contributed by atoms with van der Waals surface area (Å²) in [5.74, 6) is 6.64. The van der Waals surface area contributed by atoms with Gasteiger partial charge in [-0.05, 0) is 200 Å². The lowest BCUT2D eigenvalue weighted by Crippen LogP contribution is -2.46. The number of benzene rings is 4. The van der Waals surface area contributed by atoms with Gasteiger partial charge < -0.3 is 87.9 Å². The molecule has 4 aromatic carbocycles. The van der Waals surface area contributed by atoms with Crippen molar-refractivity contribution in [3.8, 4) is 23.0 Å². The molecule has 4 saturated carbocycles. The molecule has 0 amide bonds. The molecule has 2 atom stereocenters. The van der Waals surface area contributed by atoms with Gasteiger partial charge in [0.25, 0.3) is 22.2 Å². The molecule has 0 spiro atoms. The fourth-order valence-corrected chi connectivity index (χ4v) is 18.5. The molecular weight excluding hydrogens is 1890 g/mol. The highest BCUT2D eigenvalue weighted by Crippen LogP contribution is 2.44. The van der Waals surface area contributed by atoms with Gasteiger partial charge in [0, 0.05) is 173 Å². The summed E-state index contributed by atoms with van der Waals surface area (Å²) < 4.78 is 29.7. The number of carbonyl (C=O) groups is 4. The van der Waals surface area contributed by atoms with Gasteiger partial charge >= 0.3 is 0 Å². The molecule has 142 heavy (non-hydrogen) atoms. The molecule has 4 N–H and O–H groups in total. The van der Waals surface area contributed by atoms with E-state index in [0.29, 0.717) is 105 Å². The quantitative estimate of drug-likeness (QED) is 0.0291. The SMILES string of the molecule is CCC(=O)COc1cc2cc(Nc3nc(N4CCCC(CC)C4)ncc3Cl)ccc2n(C2CC2)c1=O.CCC(=O)COc1cc2cc(Nc3nc(N4CCC[C@H](C)C4)ncc3Cl)ccc2n(C2CC2)c1=O.CCC(=O)COc1cc2cc(Nc3nc(N4CCN(C)CC4)ncc3Cl)ccc2n(C2CC2)c1=O.CCC(=O)COc1cc2cc(Nc3nc(N4CCN(CC)CC4)ncc3Cl)ccc2n(C2CC2)c1=O. The Morgan fingerprint density at radius 2 is 0.634 bits per heavy atom. The maximum absolute atomic E-state index is 13.1. The zero-order valence-electron chi connectivity index (χ0n) is 81.5. The Labute approximate surface area is 843 Å². The number of ketones is 4. The first-order valence-corrected chi connectivity index (χ1v) is 51.2. The minimum absolute atomic E-state index is 0.0453. The molecule has 1 unspecified atom stereocenters. The fraction of sp³-hybridized carbons (Fsp3) is 0.462. The van der Waals surface area contributed by atoms with Crippen molar-refractivity contribution in [3.05, 3.63) is 183 Å². The summed E-state index contributed by atoms with van der Waals surface area (Å²) >= 11 is 25.8. The first kappa shape index (κ1) is 101. The molecular formula is C104H122Cl4N22O12. The van der Waals surface area contributed by atoms with Gasteiger partial charge in [-0.25, -0.2) is 19.9 Å². The molecule has 12 aromatic rings. The van der Waals surface area contributed by atoms with Crippen LogP contribution in [0.1, 0.15) is 182 Å². The Morgan fingerprint density at radius 1 is 0.352 bits per heavy atom. The summed E-state index contributed by atoms with van der Waals surface area (Å²) in [5.41, 5.74) is 5.72. The lowest BCUT2D eigenvalue weighted by Gasteiger charge is -2.34. The Balaban J connectivity index is 0.000000130. The number of piperazine rings is 2. The third-order valence-corrected chi connectivity index (χ3v) is 28.1. The van der Waals surface area contributed by atoms with E-state index in [1.54, 1.807) is 95.0 Å². The van der Waals surface area contributed by atoms with Crippen molar-refractivity contribution in [1.29, 1.82) is 0 Å². The second-order valence-electron chi connectivity index (χ2n) is 37.7. The number of carbonyl (C=O) groups excluding carboxylic acids is 4. The molecule has 20 rings (SSSR count). The van der Waals surface area contributed by atoms with E-state index in [4.69, 9.17) is 80.3 Å². The van der Waals surface area contributed by atoms with E-state index >= 15 is 0 Å². The molecule has 8 aromatic heterocycles. The van der Waals surface area contributed by atoms with Crippen LogP contribution in [0.2, 0.25) is 20.1 Å². The van der Waals surface area contributed by atoms with Crippen LogP contribution in [-0.4, -0.2) is 210 Å². The van der Waals surface area contributed by atoms with E-state index in [1.807, 2.05) is 72.8 Å². The number of fused-ring (bicyclic) bond motifs is 4. The number of halogens is 4. The van der Waals surface area contributed by atoms with Crippen molar-refractivity contribution in [3.63, 3.8) is 0 Å². The molecule has 8 aliphatic rings. The van der Waals surface area contributed by atoms with E-state index in [0.717, 1.165) is 222 Å². The minimum atomic E-state index is -0.194. The van der Waals surface area contributed by atoms with Gasteiger partial charge in [-0.2, -0.15) is 19.9 Å². The number of ether oxygens (including phenoxy) is 4. The van der Waals surface area contributed by atoms with Crippen molar-refractivity contribution < 1.29 is 38.1 Å². The van der Waals surface area contributed by atoms with Gasteiger partial charge in [0.1, 0.15) is 46.5 Å². The summed E-state index contributed by atoms with van der Waals surface area (Å²) in [6.07, 6.45) is 21.5. The molecule has 0 bridgehead atoms. The molecule has 0 radical (unpaired) electrons. The van der Waals surface area contributed by atoms with E-state index in [-0.39, 0.29) is 119 Å². The molecule has 4 saturated heterocycles. The van der Waals surface area contributed by atoms with Crippen molar-refractivity contribution in [2.45, 2.75) is 182 Å². The van der Waals surface area contributed by atoms with Crippen molar-refractivity contribution in [1.82, 2.24) is 67.9 Å². The topological polar surface area (TPSA) is 364 Å². The standard InChI is InChI=1S/C27H32ClN5O3.C26H31ClN6O3.C26H30ClN5O3.C25H29ClN6O3/c1-3-17-6-5-11-32(15-17)27-29-14-22(28)25(31-27)30-19-7-10-23-18(12-19)13-24(36-16-21(34)4-2)26(35)33(23)20-8-9-20;1-3-20(34)16-36-23-14-17-13-18(5-8-22(17)33(25(23)35)19-6-7-19)29-24-21(27)15-28-26(30-24)32-11-9-31(4-2)10-12-32;1-3-20(33)15-35-23-12-17-11-18(6-9-22(17)32(25(23)34)19-7-8-19)29-24-21(27)13-28-26(30-24)31-10-4-5-16(2)14-31;1-3-19(33)15-35-22-13-16-12-17(4-7-21(16)32(24(22)34)18-5-6-18)28-23-20(26)14-27-25(29-23)31-10-8-30(2)9-11-31/h7,10,12-14,17,20H,3-6,8-9,11,15-16H2,1-2H3,(H,29,30,31);5,8,13-15,19H,3-4,6-7,9-12,16H2,1-2H3,(H,28,29,30);6,9,11-13,16,19H,3-5,7-8,10,14-15H2,1-2H3,(H,28,29,30);4,7,12-14,18H,3,5-6,8-11,15H2,1-2H3,(H,27,28,29)/t;;16-;/m..0./s1. The minimum Gasteiger partial charge on any atom is -0.480 e. The zero-order valence-corrected chi connectivity index (χ0v) is 84.5. The van der Waals surface area contributed by atoms with Crippen molar-refractivity contribution >= 4 is 183 Å². The number of rotatable bonds is 34. The lowest BCUT2D eigenvalue weighted by atomic mass is 9.96. The van der Waals surface area contributed by atoms with Crippen LogP contribution in [0, 0.1) is 11.8 Å². The van der Waals surface area contributed by atoms with Crippen LogP contribution in [0.25, 0.3) is 43.6 Å². The van der Waals surface area contributed by atoms with Crippen LogP contribution in [-0.2, 0) is 19.2 Å². The predicted octanol–water partition coefficient (Wildman–Crippen LogP) is 18.3. The normalized spacial score (nSPS) is 17.2. The second kappa shape index (κ2) is 45.8. The Kier molecular flexibility index (Phi) is 32.5. The summed E-state index contributed by atoms with van der Waals surface area (Å²) in [6.45, 7) is 25.5. The Hall–Kier alpha value is -12.6. The third kappa shape index (κ3) is 24.6. The largest absolute Gasteiger partial charge is 0.480 e. The van der Waals surface area contributed by atoms with Crippen LogP contribution in [0.15, 0.2) is 141 Å². The number of anilines is 12. The summed E-state index contributed by atoms with van der Waals surface area (Å²) in [5, 5.41) is 18.4. The van der Waals surface area contributed by atoms with Crippen LogP contribution >= 0.6 is 46.4 Å². The summed E-state index contributed by atoms with van der Waals surface area (Å²) in [4.78, 5) is 149. The summed E-state index contributed by atoms with van der Waals surface area (Å²) in [7, 11) is 2.10. The highest BCUT2D eigenvalue weighted by molar-refractivity contribution is 6.34. The monoisotopic (exact) mass is 2010 g/mol. The number of nitrogens with zero attached hydrogens (tertiary/aromatic N) is 18. The number of piperidine rings is 2. The second-order valence-corrected chi connectivity index (χ2v) is 39.3. The van der Waals surface area contributed by atoms with E-state index in [1.165, 1.54) is 12.8 Å². The highest BCUT2D eigenvalue weighted by atomic mass is 35.5. The number of aromatic nitrogens is 12. The molecule has 4 aliphatic carbocycles. The van der Waals surface area contributed by atoms with Gasteiger partial charge in [0.2, 0.25) is 23.8 Å². The number of pyridine rings is 4. The number of likely N-dealkylation sites (N-methyl/N-ethyl adjacent to an activating group) is 2. The number of hydrogen-bond acceptors (Lipinski definition) is 30. The summed E-state index contributed by atoms with van der Waals surface area (Å²) in [6, 6.07) is 30.7. The highest BCUT2D eigenvalue weighted by Gasteiger charge is 2.34. The van der Waals surface area contributed by atoms with Gasteiger partial charge in [-0.15, -0.1) is 0 Å². The maximum Gasteiger partial charge on any atom is 0.293 e. The smallest absolute Gasteiger partial charge is 0.293 e. The molecule has 8 fully saturated rings. The van der Waals surface area contributed by atoms with E-state index < -0.39 is 0 Å². The van der Waals surface area contributed by atoms with Gasteiger partial charge in [-0.1, -0.05) is 101 Å². The molecule has 4 aliphatic heterocycles. The van der Waals surface area contributed by atoms with E-state index in [2.05, 4.69) is 103 Å². The third-order valence-electron chi connectivity index (χ3n) is 27.0. The van der Waals surface area contributed by atoms with E-state index in [9.17, 15) is 38.4 Å². The van der Waals surface area contributed by atoms with Gasteiger partial charge in [-0.3, -0.25) is 38.4 Å². The number of nitrogens with one attached hydrogen (secondary N) is 4. The lowest BCUT2D eigenvalue weighted by molar-refractivity contribution is -0.121. The van der Waals surface area contributed by atoms with Gasteiger partial charge in [0.15, 0.2) is 69.4 Å². The molecule has 38 heteroatoms. The number of hydrogen-bond donors (Lipinski definition) is 4. The Morgan fingerprint density at radius 3 is 0.908 bits per heavy atom. The van der Waals surface area contributed by atoms with Crippen LogP contribution in [0.4, 0.5) is 69.8 Å². The van der Waals surface area contributed by atoms with Crippen molar-refractivity contribution in [2.24, 2.45) is 11.8 Å². The zero-order chi connectivity index (χ0) is 99.5. The first-order valence-electron chi connectivity index (χ1n) is 49.7. The van der Waals surface area contributed by atoms with Gasteiger partial charge in [0.05, 0.1) is 46.9 Å².